The van der Waals surface area contributed by atoms with E-state index in [4.69, 9.17) is 18.9 Å². The molecule has 2 atom stereocenters. The summed E-state index contributed by atoms with van der Waals surface area (Å²) in [5.41, 5.74) is 2.02. The van der Waals surface area contributed by atoms with Gasteiger partial charge >= 0.3 is 12.1 Å². The average molecular weight is 559 g/mol. The lowest BCUT2D eigenvalue weighted by Gasteiger charge is -2.39. The number of carbonyl (C=O) groups is 2. The first kappa shape index (κ1) is 29.3. The molecule has 3 aromatic rings. The number of ether oxygens (including phenoxy) is 4. The molecule has 0 spiro atoms. The number of benzene rings is 2. The predicted molar refractivity (Wildman–Crippen MR) is 147 cm³/mol. The highest BCUT2D eigenvalue weighted by Gasteiger charge is 2.34. The second-order valence-electron chi connectivity index (χ2n) is 11.0. The smallest absolute Gasteiger partial charge is 0.419 e. The topological polar surface area (TPSA) is 79.2 Å². The fraction of sp³-hybridized carbons (Fsp3) is 0.467. The third-order valence-electron chi connectivity index (χ3n) is 6.94. The molecule has 40 heavy (non-hydrogen) atoms. The monoisotopic (exact) mass is 558 g/mol. The van der Waals surface area contributed by atoms with Crippen molar-refractivity contribution in [3.8, 4) is 11.5 Å². The maximum absolute atomic E-state index is 13.3. The number of fused-ring (bicyclic) bond motifs is 1. The van der Waals surface area contributed by atoms with Gasteiger partial charge in [0.15, 0.2) is 11.5 Å². The van der Waals surface area contributed by atoms with Crippen LogP contribution in [-0.4, -0.2) is 73.5 Å². The van der Waals surface area contributed by atoms with Crippen LogP contribution < -0.4 is 9.47 Å². The van der Waals surface area contributed by atoms with E-state index in [1.165, 1.54) is 11.7 Å². The second kappa shape index (κ2) is 11.8. The van der Waals surface area contributed by atoms with Crippen LogP contribution >= 0.6 is 0 Å². The summed E-state index contributed by atoms with van der Waals surface area (Å²) in [7, 11) is 2.86. The van der Waals surface area contributed by atoms with Gasteiger partial charge in [-0.05, 0) is 69.5 Å². The number of aryl methyl sites for hydroxylation is 1. The van der Waals surface area contributed by atoms with Gasteiger partial charge in [-0.1, -0.05) is 12.1 Å². The van der Waals surface area contributed by atoms with Crippen molar-refractivity contribution in [2.24, 2.45) is 0 Å². The van der Waals surface area contributed by atoms with E-state index < -0.39 is 24.1 Å². The number of esters is 1. The fourth-order valence-electron chi connectivity index (χ4n) is 5.17. The predicted octanol–water partition coefficient (Wildman–Crippen LogP) is 6.03. The number of carbonyl (C=O) groups excluding carboxylic acids is 2. The number of alkyl halides is 2. The molecule has 1 fully saturated rings. The van der Waals surface area contributed by atoms with Crippen molar-refractivity contribution in [1.82, 2.24) is 9.47 Å². The Morgan fingerprint density at radius 2 is 1.80 bits per heavy atom. The number of likely N-dealkylation sites (tertiary alicyclic amines) is 1. The number of halogens is 2. The summed E-state index contributed by atoms with van der Waals surface area (Å²) >= 11 is 0. The molecule has 0 bridgehead atoms. The van der Waals surface area contributed by atoms with Crippen molar-refractivity contribution in [1.29, 1.82) is 0 Å². The van der Waals surface area contributed by atoms with Crippen LogP contribution in [0.1, 0.15) is 54.6 Å². The van der Waals surface area contributed by atoms with E-state index in [1.807, 2.05) is 13.0 Å². The highest BCUT2D eigenvalue weighted by molar-refractivity contribution is 5.97. The molecule has 0 unspecified atom stereocenters. The minimum absolute atomic E-state index is 0.270. The Bertz CT molecular complexity index is 1360. The van der Waals surface area contributed by atoms with E-state index in [-0.39, 0.29) is 18.6 Å². The highest BCUT2D eigenvalue weighted by Crippen LogP contribution is 2.42. The molecular formula is C30H36F2N2O6. The Labute approximate surface area is 232 Å². The molecule has 2 heterocycles. The van der Waals surface area contributed by atoms with Crippen molar-refractivity contribution in [3.05, 3.63) is 59.3 Å². The third kappa shape index (κ3) is 6.38. The highest BCUT2D eigenvalue weighted by atomic mass is 19.3. The Kier molecular flexibility index (Phi) is 8.68. The first-order chi connectivity index (χ1) is 18.9. The summed E-state index contributed by atoms with van der Waals surface area (Å²) in [6.07, 6.45) is -1.22. The van der Waals surface area contributed by atoms with E-state index in [9.17, 15) is 18.4 Å². The van der Waals surface area contributed by atoms with Crippen molar-refractivity contribution in [3.63, 3.8) is 0 Å². The first-order valence-corrected chi connectivity index (χ1v) is 13.2. The van der Waals surface area contributed by atoms with Gasteiger partial charge in [0.25, 0.3) is 6.43 Å². The van der Waals surface area contributed by atoms with Gasteiger partial charge in [0, 0.05) is 30.6 Å². The minimum atomic E-state index is -2.45. The maximum Gasteiger partial charge on any atom is 0.419 e. The number of piperidine rings is 1. The summed E-state index contributed by atoms with van der Waals surface area (Å²) in [6, 6.07) is 10.5. The molecule has 0 aliphatic carbocycles. The van der Waals surface area contributed by atoms with Gasteiger partial charge < -0.3 is 18.9 Å². The Morgan fingerprint density at radius 1 is 1.10 bits per heavy atom. The molecule has 8 nitrogen and oxygen atoms in total. The van der Waals surface area contributed by atoms with Crippen LogP contribution in [0.2, 0.25) is 0 Å². The van der Waals surface area contributed by atoms with Gasteiger partial charge in [-0.25, -0.2) is 18.4 Å². The number of methoxy groups -OCH3 is 2. The molecule has 0 amide bonds. The number of hydrogen-bond acceptors (Lipinski definition) is 7. The first-order valence-electron chi connectivity index (χ1n) is 13.2. The van der Waals surface area contributed by atoms with E-state index >= 15 is 0 Å². The van der Waals surface area contributed by atoms with E-state index in [0.29, 0.717) is 47.5 Å². The standard InChI is InChI=1S/C30H36F2N2O6/c1-18-15-24(37-5)27(21-11-14-34(26(18)21)29(36)40-30(2,3)4)39-23-12-13-33(17-25(31)32)16-22(23)19-7-9-20(10-8-19)28(35)38-6/h7-11,14-15,22-23,25H,12-13,16-17H2,1-6H3/t22-,23+/m1/s1. The molecule has 1 aromatic heterocycles. The molecular weight excluding hydrogens is 522 g/mol. The Morgan fingerprint density at radius 3 is 2.40 bits per heavy atom. The van der Waals surface area contributed by atoms with E-state index in [1.54, 1.807) is 69.3 Å². The molecule has 4 rings (SSSR count). The van der Waals surface area contributed by atoms with Crippen LogP contribution in [0, 0.1) is 6.92 Å². The molecule has 0 radical (unpaired) electrons. The van der Waals surface area contributed by atoms with Gasteiger partial charge in [-0.3, -0.25) is 9.47 Å². The molecule has 1 aliphatic heterocycles. The van der Waals surface area contributed by atoms with Crippen LogP contribution in [0.5, 0.6) is 11.5 Å². The van der Waals surface area contributed by atoms with Gasteiger partial charge in [-0.15, -0.1) is 0 Å². The lowest BCUT2D eigenvalue weighted by Crippen LogP contribution is -2.45. The molecule has 1 saturated heterocycles. The SMILES string of the molecule is COC(=O)c1ccc([C@H]2CN(CC(F)F)CC[C@@H]2Oc2c(OC)cc(C)c3c2ccn3C(=O)OC(C)(C)C)cc1. The molecule has 10 heteroatoms. The molecule has 216 valence electrons. The van der Waals surface area contributed by atoms with Gasteiger partial charge in [0.1, 0.15) is 11.7 Å². The summed E-state index contributed by atoms with van der Waals surface area (Å²) in [4.78, 5) is 26.6. The summed E-state index contributed by atoms with van der Waals surface area (Å²) in [5, 5.41) is 0.678. The number of hydrogen-bond donors (Lipinski definition) is 0. The second-order valence-corrected chi connectivity index (χ2v) is 11.0. The average Bonchev–Trinajstić information content (AvgIpc) is 3.35. The maximum atomic E-state index is 13.3. The molecule has 1 aliphatic rings. The van der Waals surface area contributed by atoms with E-state index in [0.717, 1.165) is 11.1 Å². The molecule has 0 N–H and O–H groups in total. The van der Waals surface area contributed by atoms with Gasteiger partial charge in [-0.2, -0.15) is 0 Å². The zero-order chi connectivity index (χ0) is 29.2. The van der Waals surface area contributed by atoms with Crippen molar-refractivity contribution in [2.75, 3.05) is 33.9 Å². The zero-order valence-corrected chi connectivity index (χ0v) is 23.7. The summed E-state index contributed by atoms with van der Waals surface area (Å²) in [5.74, 6) is 0.243. The summed E-state index contributed by atoms with van der Waals surface area (Å²) < 4.78 is 50.7. The minimum Gasteiger partial charge on any atom is -0.493 e. The lowest BCUT2D eigenvalue weighted by molar-refractivity contribution is 0.0348. The van der Waals surface area contributed by atoms with Crippen LogP contribution in [0.15, 0.2) is 42.6 Å². The van der Waals surface area contributed by atoms with Crippen molar-refractivity contribution in [2.45, 2.75) is 58.2 Å². The lowest BCUT2D eigenvalue weighted by atomic mass is 9.87. The van der Waals surface area contributed by atoms with Crippen molar-refractivity contribution < 1.29 is 37.3 Å². The van der Waals surface area contributed by atoms with Crippen LogP contribution in [0.4, 0.5) is 13.6 Å². The zero-order valence-electron chi connectivity index (χ0n) is 23.7. The normalized spacial score (nSPS) is 18.1. The number of rotatable bonds is 7. The van der Waals surface area contributed by atoms with Crippen LogP contribution in [0.3, 0.4) is 0 Å². The largest absolute Gasteiger partial charge is 0.493 e. The van der Waals surface area contributed by atoms with E-state index in [2.05, 4.69) is 0 Å². The fourth-order valence-corrected chi connectivity index (χ4v) is 5.17. The van der Waals surface area contributed by atoms with Crippen molar-refractivity contribution >= 4 is 23.0 Å². The Balaban J connectivity index is 1.72. The number of aromatic nitrogens is 1. The quantitative estimate of drug-likeness (QED) is 0.328. The van der Waals surface area contributed by atoms with Crippen LogP contribution in [-0.2, 0) is 9.47 Å². The molecule has 2 aromatic carbocycles. The van der Waals surface area contributed by atoms with Crippen LogP contribution in [0.25, 0.3) is 10.9 Å². The van der Waals surface area contributed by atoms with Gasteiger partial charge in [0.2, 0.25) is 0 Å². The third-order valence-corrected chi connectivity index (χ3v) is 6.94. The summed E-state index contributed by atoms with van der Waals surface area (Å²) in [6.45, 7) is 7.74. The molecule has 0 saturated carbocycles. The van der Waals surface area contributed by atoms with Gasteiger partial charge in [0.05, 0.1) is 31.8 Å². The Hall–Kier alpha value is -3.66. The number of nitrogens with zero attached hydrogens (tertiary/aromatic N) is 2.